The Kier molecular flexibility index (Phi) is 3.49. The minimum Gasteiger partial charge on any atom is -0.496 e. The number of nitrogen functional groups attached to an aromatic ring is 1. The maximum atomic E-state index is 6.03. The Morgan fingerprint density at radius 3 is 3.00 bits per heavy atom. The Bertz CT molecular complexity index is 754. The number of aromatic nitrogens is 4. The van der Waals surface area contributed by atoms with Crippen molar-refractivity contribution >= 4 is 17.3 Å². The quantitative estimate of drug-likeness (QED) is 0.717. The molecule has 8 heteroatoms. The number of hydrogen-bond acceptors (Lipinski definition) is 6. The van der Waals surface area contributed by atoms with E-state index in [1.54, 1.807) is 24.7 Å². The van der Waals surface area contributed by atoms with Crippen LogP contribution in [0.5, 0.6) is 5.75 Å². The van der Waals surface area contributed by atoms with Crippen molar-refractivity contribution < 1.29 is 9.26 Å². The largest absolute Gasteiger partial charge is 0.496 e. The summed E-state index contributed by atoms with van der Waals surface area (Å²) in [5.41, 5.74) is 7.68. The van der Waals surface area contributed by atoms with Crippen LogP contribution in [-0.4, -0.2) is 27.2 Å². The van der Waals surface area contributed by atoms with Crippen LogP contribution >= 0.6 is 11.6 Å². The summed E-state index contributed by atoms with van der Waals surface area (Å²) >= 11 is 6.03. The standard InChI is InChI=1S/C13H12ClN5O2/c1-20-11-4-10(15)9(14)3-8(11)13-18-12(21-19-13)2-7-5-16-6-17-7/h3-6H,2,15H2,1H3,(H,16,17). The van der Waals surface area contributed by atoms with Gasteiger partial charge in [-0.2, -0.15) is 4.98 Å². The molecule has 0 aliphatic rings. The number of hydrogen-bond donors (Lipinski definition) is 2. The van der Waals surface area contributed by atoms with Gasteiger partial charge in [0, 0.05) is 18.0 Å². The SMILES string of the molecule is COc1cc(N)c(Cl)cc1-c1noc(Cc2cnc[nH]2)n1. The van der Waals surface area contributed by atoms with Gasteiger partial charge >= 0.3 is 0 Å². The van der Waals surface area contributed by atoms with E-state index in [0.717, 1.165) is 5.69 Å². The number of nitrogens with zero attached hydrogens (tertiary/aromatic N) is 3. The molecular formula is C13H12ClN5O2. The number of H-pyrrole nitrogens is 1. The van der Waals surface area contributed by atoms with Gasteiger partial charge in [0.1, 0.15) is 5.75 Å². The van der Waals surface area contributed by atoms with Crippen LogP contribution in [0.25, 0.3) is 11.4 Å². The van der Waals surface area contributed by atoms with Crippen molar-refractivity contribution in [2.24, 2.45) is 0 Å². The van der Waals surface area contributed by atoms with Crippen LogP contribution < -0.4 is 10.5 Å². The summed E-state index contributed by atoms with van der Waals surface area (Å²) in [6.07, 6.45) is 3.76. The van der Waals surface area contributed by atoms with Crippen LogP contribution in [0, 0.1) is 0 Å². The summed E-state index contributed by atoms with van der Waals surface area (Å²) < 4.78 is 10.5. The third-order valence-electron chi connectivity index (χ3n) is 2.92. The van der Waals surface area contributed by atoms with Gasteiger partial charge in [-0.1, -0.05) is 16.8 Å². The number of ether oxygens (including phenoxy) is 1. The highest BCUT2D eigenvalue weighted by molar-refractivity contribution is 6.33. The number of nitrogens with one attached hydrogen (secondary N) is 1. The summed E-state index contributed by atoms with van der Waals surface area (Å²) in [6, 6.07) is 3.28. The molecule has 0 aliphatic carbocycles. The summed E-state index contributed by atoms with van der Waals surface area (Å²) in [5, 5.41) is 4.35. The van der Waals surface area contributed by atoms with E-state index in [1.807, 2.05) is 0 Å². The van der Waals surface area contributed by atoms with Crippen molar-refractivity contribution in [3.8, 4) is 17.1 Å². The number of nitrogens with two attached hydrogens (primary N) is 1. The second-order valence-corrected chi connectivity index (χ2v) is 4.75. The zero-order valence-corrected chi connectivity index (χ0v) is 11.9. The predicted molar refractivity (Wildman–Crippen MR) is 77.1 cm³/mol. The molecule has 7 nitrogen and oxygen atoms in total. The number of imidazole rings is 1. The molecule has 108 valence electrons. The molecule has 0 unspecified atom stereocenters. The number of methoxy groups -OCH3 is 1. The van der Waals surface area contributed by atoms with E-state index in [1.165, 1.54) is 7.11 Å². The molecule has 0 bridgehead atoms. The van der Waals surface area contributed by atoms with Crippen LogP contribution in [0.1, 0.15) is 11.6 Å². The molecule has 21 heavy (non-hydrogen) atoms. The lowest BCUT2D eigenvalue weighted by Gasteiger charge is -2.07. The van der Waals surface area contributed by atoms with Gasteiger partial charge in [0.15, 0.2) is 0 Å². The number of benzene rings is 1. The first-order valence-corrected chi connectivity index (χ1v) is 6.48. The highest BCUT2D eigenvalue weighted by atomic mass is 35.5. The van der Waals surface area contributed by atoms with Gasteiger partial charge in [0.2, 0.25) is 11.7 Å². The monoisotopic (exact) mass is 305 g/mol. The molecule has 0 fully saturated rings. The van der Waals surface area contributed by atoms with Gasteiger partial charge < -0.3 is 20.0 Å². The number of anilines is 1. The Morgan fingerprint density at radius 1 is 1.43 bits per heavy atom. The van der Waals surface area contributed by atoms with Crippen molar-refractivity contribution in [2.75, 3.05) is 12.8 Å². The molecule has 3 N–H and O–H groups in total. The zero-order valence-electron chi connectivity index (χ0n) is 11.1. The Balaban J connectivity index is 1.94. The second-order valence-electron chi connectivity index (χ2n) is 4.34. The lowest BCUT2D eigenvalue weighted by Crippen LogP contribution is -1.94. The smallest absolute Gasteiger partial charge is 0.232 e. The van der Waals surface area contributed by atoms with E-state index < -0.39 is 0 Å². The minimum absolute atomic E-state index is 0.392. The van der Waals surface area contributed by atoms with Crippen molar-refractivity contribution in [3.05, 3.63) is 41.3 Å². The van der Waals surface area contributed by atoms with Crippen molar-refractivity contribution in [1.29, 1.82) is 0 Å². The number of rotatable bonds is 4. The van der Waals surface area contributed by atoms with E-state index in [-0.39, 0.29) is 0 Å². The lowest BCUT2D eigenvalue weighted by atomic mass is 10.1. The second kappa shape index (κ2) is 5.45. The first-order chi connectivity index (χ1) is 10.2. The normalized spacial score (nSPS) is 10.8. The number of aromatic amines is 1. The van der Waals surface area contributed by atoms with E-state index in [2.05, 4.69) is 20.1 Å². The van der Waals surface area contributed by atoms with Gasteiger partial charge in [-0.25, -0.2) is 4.98 Å². The number of halogens is 1. The maximum Gasteiger partial charge on any atom is 0.232 e. The van der Waals surface area contributed by atoms with Crippen molar-refractivity contribution in [3.63, 3.8) is 0 Å². The Hall–Kier alpha value is -2.54. The average molecular weight is 306 g/mol. The highest BCUT2D eigenvalue weighted by Gasteiger charge is 2.16. The highest BCUT2D eigenvalue weighted by Crippen LogP contribution is 2.34. The van der Waals surface area contributed by atoms with E-state index >= 15 is 0 Å². The van der Waals surface area contributed by atoms with E-state index in [0.29, 0.717) is 40.2 Å². The van der Waals surface area contributed by atoms with Gasteiger partial charge in [-0.3, -0.25) is 0 Å². The first-order valence-electron chi connectivity index (χ1n) is 6.10. The Morgan fingerprint density at radius 2 is 2.29 bits per heavy atom. The van der Waals surface area contributed by atoms with Crippen molar-refractivity contribution in [1.82, 2.24) is 20.1 Å². The molecule has 0 radical (unpaired) electrons. The molecule has 3 rings (SSSR count). The molecule has 0 atom stereocenters. The van der Waals surface area contributed by atoms with E-state index in [9.17, 15) is 0 Å². The van der Waals surface area contributed by atoms with Crippen LogP contribution in [-0.2, 0) is 6.42 Å². The fourth-order valence-electron chi connectivity index (χ4n) is 1.89. The maximum absolute atomic E-state index is 6.03. The van der Waals surface area contributed by atoms with Crippen LogP contribution in [0.4, 0.5) is 5.69 Å². The zero-order chi connectivity index (χ0) is 14.8. The van der Waals surface area contributed by atoms with Crippen LogP contribution in [0.15, 0.2) is 29.2 Å². The molecule has 0 saturated carbocycles. The molecule has 3 aromatic rings. The topological polar surface area (TPSA) is 103 Å². The molecule has 2 aromatic heterocycles. The fourth-order valence-corrected chi connectivity index (χ4v) is 2.06. The molecular weight excluding hydrogens is 294 g/mol. The van der Waals surface area contributed by atoms with Gasteiger partial charge in [-0.05, 0) is 6.07 Å². The fraction of sp³-hybridized carbons (Fsp3) is 0.154. The lowest BCUT2D eigenvalue weighted by molar-refractivity contribution is 0.384. The summed E-state index contributed by atoms with van der Waals surface area (Å²) in [6.45, 7) is 0. The van der Waals surface area contributed by atoms with Crippen LogP contribution in [0.3, 0.4) is 0 Å². The summed E-state index contributed by atoms with van der Waals surface area (Å²) in [7, 11) is 1.54. The molecule has 0 amide bonds. The Labute approximate surface area is 125 Å². The molecule has 0 aliphatic heterocycles. The molecule has 0 spiro atoms. The van der Waals surface area contributed by atoms with Gasteiger partial charge in [0.25, 0.3) is 0 Å². The molecule has 0 saturated heterocycles. The first kappa shape index (κ1) is 13.4. The molecule has 2 heterocycles. The van der Waals surface area contributed by atoms with Crippen LogP contribution in [0.2, 0.25) is 5.02 Å². The van der Waals surface area contributed by atoms with Gasteiger partial charge in [0.05, 0.1) is 36.1 Å². The minimum atomic E-state index is 0.392. The third-order valence-corrected chi connectivity index (χ3v) is 3.25. The average Bonchev–Trinajstić information content (AvgIpc) is 3.13. The van der Waals surface area contributed by atoms with E-state index in [4.69, 9.17) is 26.6 Å². The summed E-state index contributed by atoms with van der Waals surface area (Å²) in [4.78, 5) is 11.2. The molecule has 1 aromatic carbocycles. The summed E-state index contributed by atoms with van der Waals surface area (Å²) in [5.74, 6) is 1.39. The third kappa shape index (κ3) is 2.68. The van der Waals surface area contributed by atoms with Crippen molar-refractivity contribution in [2.45, 2.75) is 6.42 Å². The van der Waals surface area contributed by atoms with Gasteiger partial charge in [-0.15, -0.1) is 0 Å². The predicted octanol–water partition coefficient (Wildman–Crippen LogP) is 2.29.